The third-order valence-corrected chi connectivity index (χ3v) is 3.86. The van der Waals surface area contributed by atoms with Gasteiger partial charge in [0.05, 0.1) is 5.92 Å². The number of urea groups is 1. The predicted octanol–water partition coefficient (Wildman–Crippen LogP) is 0.537. The summed E-state index contributed by atoms with van der Waals surface area (Å²) in [5, 5.41) is 21.1. The van der Waals surface area contributed by atoms with Gasteiger partial charge in [-0.15, -0.1) is 0 Å². The lowest BCUT2D eigenvalue weighted by Gasteiger charge is -2.28. The molecule has 2 atom stereocenters. The van der Waals surface area contributed by atoms with Crippen LogP contribution >= 0.6 is 0 Å². The van der Waals surface area contributed by atoms with E-state index in [1.54, 1.807) is 0 Å². The van der Waals surface area contributed by atoms with Gasteiger partial charge in [0.15, 0.2) is 0 Å². The van der Waals surface area contributed by atoms with Crippen molar-refractivity contribution in [2.45, 2.75) is 32.1 Å². The van der Waals surface area contributed by atoms with Gasteiger partial charge in [0.2, 0.25) is 0 Å². The van der Waals surface area contributed by atoms with E-state index in [-0.39, 0.29) is 17.9 Å². The number of carbonyl (C=O) groups excluding carboxylic acids is 1. The highest BCUT2D eigenvalue weighted by molar-refractivity contribution is 5.74. The number of carboxylic acids is 1. The Bertz CT molecular complexity index is 462. The van der Waals surface area contributed by atoms with Crippen LogP contribution in [0.3, 0.4) is 0 Å². The highest BCUT2D eigenvalue weighted by Gasteiger charge is 2.30. The van der Waals surface area contributed by atoms with Gasteiger partial charge in [0, 0.05) is 19.5 Å². The summed E-state index contributed by atoms with van der Waals surface area (Å²) in [6.45, 7) is 0.860. The largest absolute Gasteiger partial charge is 0.481 e. The van der Waals surface area contributed by atoms with Gasteiger partial charge in [-0.1, -0.05) is 12.8 Å². The molecule has 1 saturated carbocycles. The van der Waals surface area contributed by atoms with Crippen LogP contribution in [0.15, 0.2) is 6.33 Å². The summed E-state index contributed by atoms with van der Waals surface area (Å²) in [5.74, 6) is -0.356. The van der Waals surface area contributed by atoms with Crippen LogP contribution in [-0.2, 0) is 11.2 Å². The van der Waals surface area contributed by atoms with Gasteiger partial charge in [-0.25, -0.2) is 9.78 Å². The third kappa shape index (κ3) is 4.73. The number of amides is 2. The summed E-state index contributed by atoms with van der Waals surface area (Å²) >= 11 is 0. The number of aliphatic carboxylic acids is 1. The lowest BCUT2D eigenvalue weighted by molar-refractivity contribution is -0.144. The summed E-state index contributed by atoms with van der Waals surface area (Å²) in [7, 11) is 0. The highest BCUT2D eigenvalue weighted by atomic mass is 16.4. The number of H-pyrrole nitrogens is 1. The van der Waals surface area contributed by atoms with E-state index in [9.17, 15) is 14.7 Å². The Morgan fingerprint density at radius 1 is 1.33 bits per heavy atom. The molecule has 2 unspecified atom stereocenters. The molecule has 0 aromatic carbocycles. The first kappa shape index (κ1) is 15.3. The lowest BCUT2D eigenvalue weighted by atomic mass is 9.79. The number of rotatable bonds is 6. The van der Waals surface area contributed by atoms with Crippen molar-refractivity contribution in [1.29, 1.82) is 0 Å². The van der Waals surface area contributed by atoms with E-state index >= 15 is 0 Å². The zero-order valence-electron chi connectivity index (χ0n) is 11.8. The standard InChI is InChI=1S/C13H21N5O3/c19-12(20)10-4-2-1-3-9(10)7-15-13(21)14-6-5-11-16-8-17-18-11/h8-10H,1-7H2,(H,19,20)(H2,14,15,21)(H,16,17,18). The Morgan fingerprint density at radius 2 is 2.14 bits per heavy atom. The normalized spacial score (nSPS) is 21.7. The number of hydrogen-bond donors (Lipinski definition) is 4. The van der Waals surface area contributed by atoms with Gasteiger partial charge in [-0.3, -0.25) is 9.89 Å². The fourth-order valence-electron chi connectivity index (χ4n) is 2.71. The summed E-state index contributed by atoms with van der Waals surface area (Å²) in [4.78, 5) is 26.8. The first-order valence-electron chi connectivity index (χ1n) is 7.25. The topological polar surface area (TPSA) is 120 Å². The van der Waals surface area contributed by atoms with Crippen LogP contribution in [0.2, 0.25) is 0 Å². The minimum atomic E-state index is -0.757. The SMILES string of the molecule is O=C(NCCc1ncn[nH]1)NCC1CCCCC1C(=O)O. The maximum Gasteiger partial charge on any atom is 0.314 e. The van der Waals surface area contributed by atoms with E-state index in [4.69, 9.17) is 0 Å². The van der Waals surface area contributed by atoms with Gasteiger partial charge in [0.25, 0.3) is 0 Å². The second kappa shape index (κ2) is 7.61. The van der Waals surface area contributed by atoms with Crippen LogP contribution in [-0.4, -0.2) is 45.4 Å². The summed E-state index contributed by atoms with van der Waals surface area (Å²) in [6.07, 6.45) is 5.54. The molecular weight excluding hydrogens is 274 g/mol. The van der Waals surface area contributed by atoms with Gasteiger partial charge in [-0.2, -0.15) is 5.10 Å². The number of hydrogen-bond acceptors (Lipinski definition) is 4. The smallest absolute Gasteiger partial charge is 0.314 e. The Balaban J connectivity index is 1.66. The van der Waals surface area contributed by atoms with Crippen molar-refractivity contribution in [2.75, 3.05) is 13.1 Å². The number of nitrogens with zero attached hydrogens (tertiary/aromatic N) is 2. The molecule has 2 amide bonds. The van der Waals surface area contributed by atoms with Gasteiger partial charge in [-0.05, 0) is 18.8 Å². The van der Waals surface area contributed by atoms with E-state index < -0.39 is 5.97 Å². The van der Waals surface area contributed by atoms with Crippen LogP contribution in [0.25, 0.3) is 0 Å². The van der Waals surface area contributed by atoms with Crippen LogP contribution in [0.4, 0.5) is 4.79 Å². The fourth-order valence-corrected chi connectivity index (χ4v) is 2.71. The lowest BCUT2D eigenvalue weighted by Crippen LogP contribution is -2.42. The first-order valence-corrected chi connectivity index (χ1v) is 7.25. The van der Waals surface area contributed by atoms with E-state index in [1.165, 1.54) is 6.33 Å². The molecule has 4 N–H and O–H groups in total. The molecule has 1 heterocycles. The fraction of sp³-hybridized carbons (Fsp3) is 0.692. The minimum Gasteiger partial charge on any atom is -0.481 e. The molecule has 8 heteroatoms. The molecule has 0 bridgehead atoms. The van der Waals surface area contributed by atoms with Crippen molar-refractivity contribution in [3.8, 4) is 0 Å². The second-order valence-corrected chi connectivity index (χ2v) is 5.31. The monoisotopic (exact) mass is 295 g/mol. The molecule has 1 aromatic rings. The van der Waals surface area contributed by atoms with Crippen molar-refractivity contribution < 1.29 is 14.7 Å². The highest BCUT2D eigenvalue weighted by Crippen LogP contribution is 2.29. The molecule has 1 fully saturated rings. The number of carboxylic acid groups (broad SMARTS) is 1. The molecule has 0 aliphatic heterocycles. The van der Waals surface area contributed by atoms with Crippen molar-refractivity contribution in [3.05, 3.63) is 12.2 Å². The number of aromatic amines is 1. The van der Waals surface area contributed by atoms with Gasteiger partial charge < -0.3 is 15.7 Å². The Labute approximate surface area is 122 Å². The van der Waals surface area contributed by atoms with Crippen LogP contribution in [0, 0.1) is 11.8 Å². The quantitative estimate of drug-likeness (QED) is 0.610. The average molecular weight is 295 g/mol. The number of aromatic nitrogens is 3. The third-order valence-electron chi connectivity index (χ3n) is 3.86. The Kier molecular flexibility index (Phi) is 5.53. The molecule has 8 nitrogen and oxygen atoms in total. The van der Waals surface area contributed by atoms with Crippen LogP contribution < -0.4 is 10.6 Å². The molecule has 0 saturated heterocycles. The molecule has 116 valence electrons. The molecule has 21 heavy (non-hydrogen) atoms. The second-order valence-electron chi connectivity index (χ2n) is 5.31. The van der Waals surface area contributed by atoms with Crippen molar-refractivity contribution in [1.82, 2.24) is 25.8 Å². The number of nitrogens with one attached hydrogen (secondary N) is 3. The first-order chi connectivity index (χ1) is 10.2. The predicted molar refractivity (Wildman–Crippen MR) is 74.6 cm³/mol. The van der Waals surface area contributed by atoms with Crippen molar-refractivity contribution in [3.63, 3.8) is 0 Å². The van der Waals surface area contributed by atoms with Crippen molar-refractivity contribution in [2.24, 2.45) is 11.8 Å². The molecular formula is C13H21N5O3. The van der Waals surface area contributed by atoms with Gasteiger partial charge in [0.1, 0.15) is 12.2 Å². The Morgan fingerprint density at radius 3 is 2.86 bits per heavy atom. The molecule has 1 aliphatic rings. The average Bonchev–Trinajstić information content (AvgIpc) is 2.98. The molecule has 0 spiro atoms. The van der Waals surface area contributed by atoms with E-state index in [0.29, 0.717) is 31.8 Å². The summed E-state index contributed by atoms with van der Waals surface area (Å²) in [5.41, 5.74) is 0. The molecule has 1 aromatic heterocycles. The summed E-state index contributed by atoms with van der Waals surface area (Å²) in [6, 6.07) is -0.274. The van der Waals surface area contributed by atoms with Crippen LogP contribution in [0.1, 0.15) is 31.5 Å². The van der Waals surface area contributed by atoms with E-state index in [0.717, 1.165) is 19.3 Å². The van der Waals surface area contributed by atoms with E-state index in [2.05, 4.69) is 25.8 Å². The van der Waals surface area contributed by atoms with Gasteiger partial charge >= 0.3 is 12.0 Å². The molecule has 2 rings (SSSR count). The molecule has 0 radical (unpaired) electrons. The minimum absolute atomic E-state index is 0.0243. The maximum absolute atomic E-state index is 11.7. The van der Waals surface area contributed by atoms with E-state index in [1.807, 2.05) is 0 Å². The maximum atomic E-state index is 11.7. The summed E-state index contributed by atoms with van der Waals surface area (Å²) < 4.78 is 0. The van der Waals surface area contributed by atoms with Crippen molar-refractivity contribution >= 4 is 12.0 Å². The van der Waals surface area contributed by atoms with Crippen LogP contribution in [0.5, 0.6) is 0 Å². The zero-order chi connectivity index (χ0) is 15.1. The Hall–Kier alpha value is -2.12. The molecule has 1 aliphatic carbocycles. The zero-order valence-corrected chi connectivity index (χ0v) is 11.8. The number of carbonyl (C=O) groups is 2.